The molecule has 17 heavy (non-hydrogen) atoms. The highest BCUT2D eigenvalue weighted by Gasteiger charge is 2.13. The lowest BCUT2D eigenvalue weighted by Crippen LogP contribution is -2.12. The molecule has 3 N–H and O–H groups in total. The Morgan fingerprint density at radius 3 is 2.71 bits per heavy atom. The lowest BCUT2D eigenvalue weighted by atomic mass is 10.0. The summed E-state index contributed by atoms with van der Waals surface area (Å²) >= 11 is 5.72. The van der Waals surface area contributed by atoms with Gasteiger partial charge in [-0.1, -0.05) is 31.5 Å². The summed E-state index contributed by atoms with van der Waals surface area (Å²) in [5.41, 5.74) is 3.67. The highest BCUT2D eigenvalue weighted by atomic mass is 35.5. The number of pyridine rings is 1. The van der Waals surface area contributed by atoms with E-state index in [1.54, 1.807) is 6.07 Å². The Balaban J connectivity index is 2.78. The summed E-state index contributed by atoms with van der Waals surface area (Å²) < 4.78 is 13.8. The normalized spacial score (nSPS) is 11.2. The minimum absolute atomic E-state index is 0.0604. The molecule has 90 valence electrons. The molecule has 0 aliphatic heterocycles. The molecule has 1 heterocycles. The van der Waals surface area contributed by atoms with Crippen molar-refractivity contribution >= 4 is 28.3 Å². The van der Waals surface area contributed by atoms with Crippen LogP contribution in [-0.2, 0) is 0 Å². The summed E-state index contributed by atoms with van der Waals surface area (Å²) in [6.07, 6.45) is 0. The zero-order chi connectivity index (χ0) is 12.6. The van der Waals surface area contributed by atoms with Crippen molar-refractivity contribution in [3.8, 4) is 0 Å². The first-order valence-corrected chi connectivity index (χ1v) is 5.67. The van der Waals surface area contributed by atoms with Crippen molar-refractivity contribution in [3.05, 3.63) is 34.6 Å². The predicted octanol–water partition coefficient (Wildman–Crippen LogP) is 3.44. The minimum atomic E-state index is -0.518. The van der Waals surface area contributed by atoms with E-state index in [2.05, 4.69) is 10.4 Å². The molecule has 0 atom stereocenters. The largest absolute Gasteiger partial charge is 0.308 e. The maximum atomic E-state index is 13.8. The molecule has 0 saturated carbocycles. The third kappa shape index (κ3) is 2.06. The minimum Gasteiger partial charge on any atom is -0.308 e. The molecule has 5 heteroatoms. The molecule has 0 aliphatic carbocycles. The van der Waals surface area contributed by atoms with Crippen LogP contribution >= 0.6 is 11.6 Å². The summed E-state index contributed by atoms with van der Waals surface area (Å²) in [6, 6.07) is 5.15. The topological polar surface area (TPSA) is 50.9 Å². The molecule has 0 unspecified atom stereocenters. The molecule has 0 aliphatic rings. The van der Waals surface area contributed by atoms with E-state index in [0.29, 0.717) is 5.82 Å². The third-order valence-electron chi connectivity index (χ3n) is 2.67. The van der Waals surface area contributed by atoms with Crippen LogP contribution in [0.1, 0.15) is 25.3 Å². The third-order valence-corrected chi connectivity index (χ3v) is 2.96. The Morgan fingerprint density at radius 2 is 2.12 bits per heavy atom. The Hall–Kier alpha value is -1.39. The highest BCUT2D eigenvalue weighted by molar-refractivity contribution is 6.31. The Kier molecular flexibility index (Phi) is 3.17. The molecule has 0 radical (unpaired) electrons. The van der Waals surface area contributed by atoms with Gasteiger partial charge in [-0.15, -0.1) is 0 Å². The van der Waals surface area contributed by atoms with Crippen LogP contribution in [-0.4, -0.2) is 4.98 Å². The Morgan fingerprint density at radius 1 is 1.41 bits per heavy atom. The number of halogens is 2. The summed E-state index contributed by atoms with van der Waals surface area (Å²) in [5.74, 6) is 5.61. The van der Waals surface area contributed by atoms with Crippen LogP contribution in [0.2, 0.25) is 5.02 Å². The number of hydrogen-bond donors (Lipinski definition) is 2. The molecular formula is C12H13ClFN3. The van der Waals surface area contributed by atoms with Crippen LogP contribution in [0.25, 0.3) is 10.9 Å². The van der Waals surface area contributed by atoms with E-state index >= 15 is 0 Å². The SMILES string of the molecule is CC(C)c1cc2ccc(Cl)c(F)c2nc1NN. The van der Waals surface area contributed by atoms with Gasteiger partial charge in [0.2, 0.25) is 0 Å². The number of hydrazine groups is 1. The summed E-state index contributed by atoms with van der Waals surface area (Å²) in [7, 11) is 0. The number of aromatic nitrogens is 1. The summed E-state index contributed by atoms with van der Waals surface area (Å²) in [6.45, 7) is 4.05. The Bertz CT molecular complexity index is 569. The number of benzene rings is 1. The number of nitrogens with zero attached hydrogens (tertiary/aromatic N) is 1. The van der Waals surface area contributed by atoms with Gasteiger partial charge in [0.05, 0.1) is 5.02 Å². The van der Waals surface area contributed by atoms with Crippen molar-refractivity contribution < 1.29 is 4.39 Å². The van der Waals surface area contributed by atoms with E-state index in [4.69, 9.17) is 17.4 Å². The second-order valence-corrected chi connectivity index (χ2v) is 4.57. The fraction of sp³-hybridized carbons (Fsp3) is 0.250. The molecule has 2 rings (SSSR count). The van der Waals surface area contributed by atoms with Gasteiger partial charge in [0.1, 0.15) is 11.3 Å². The molecule has 3 nitrogen and oxygen atoms in total. The smallest absolute Gasteiger partial charge is 0.168 e. The van der Waals surface area contributed by atoms with Crippen molar-refractivity contribution in [1.29, 1.82) is 0 Å². The number of fused-ring (bicyclic) bond motifs is 1. The monoisotopic (exact) mass is 253 g/mol. The number of rotatable bonds is 2. The second-order valence-electron chi connectivity index (χ2n) is 4.16. The molecule has 1 aromatic heterocycles. The van der Waals surface area contributed by atoms with Gasteiger partial charge in [0.25, 0.3) is 0 Å². The van der Waals surface area contributed by atoms with Crippen LogP contribution in [0.4, 0.5) is 10.2 Å². The predicted molar refractivity (Wildman–Crippen MR) is 68.6 cm³/mol. The van der Waals surface area contributed by atoms with Crippen molar-refractivity contribution in [3.63, 3.8) is 0 Å². The maximum Gasteiger partial charge on any atom is 0.168 e. The summed E-state index contributed by atoms with van der Waals surface area (Å²) in [5, 5.41) is 0.778. The van der Waals surface area contributed by atoms with Crippen molar-refractivity contribution in [2.45, 2.75) is 19.8 Å². The lowest BCUT2D eigenvalue weighted by molar-refractivity contribution is 0.637. The van der Waals surface area contributed by atoms with Crippen molar-refractivity contribution in [1.82, 2.24) is 4.98 Å². The van der Waals surface area contributed by atoms with E-state index in [1.165, 1.54) is 6.07 Å². The van der Waals surface area contributed by atoms with E-state index in [-0.39, 0.29) is 16.5 Å². The van der Waals surface area contributed by atoms with Crippen molar-refractivity contribution in [2.75, 3.05) is 5.43 Å². The summed E-state index contributed by atoms with van der Waals surface area (Å²) in [4.78, 5) is 4.18. The van der Waals surface area contributed by atoms with Crippen LogP contribution in [0.3, 0.4) is 0 Å². The molecule has 1 aromatic carbocycles. The fourth-order valence-corrected chi connectivity index (χ4v) is 1.91. The van der Waals surface area contributed by atoms with Crippen LogP contribution < -0.4 is 11.3 Å². The van der Waals surface area contributed by atoms with Gasteiger partial charge in [0.15, 0.2) is 5.82 Å². The molecule has 0 fully saturated rings. The number of anilines is 1. The first-order chi connectivity index (χ1) is 8.04. The first-order valence-electron chi connectivity index (χ1n) is 5.30. The molecule has 0 bridgehead atoms. The Labute approximate surface area is 104 Å². The first kappa shape index (κ1) is 12.1. The van der Waals surface area contributed by atoms with Gasteiger partial charge in [-0.25, -0.2) is 15.2 Å². The number of nitrogens with two attached hydrogens (primary N) is 1. The second kappa shape index (κ2) is 4.47. The molecule has 0 saturated heterocycles. The van der Waals surface area contributed by atoms with Gasteiger partial charge >= 0.3 is 0 Å². The maximum absolute atomic E-state index is 13.8. The van der Waals surface area contributed by atoms with Gasteiger partial charge in [-0.2, -0.15) is 0 Å². The number of hydrogen-bond acceptors (Lipinski definition) is 3. The van der Waals surface area contributed by atoms with E-state index in [9.17, 15) is 4.39 Å². The molecule has 0 amide bonds. The van der Waals surface area contributed by atoms with E-state index < -0.39 is 5.82 Å². The van der Waals surface area contributed by atoms with Gasteiger partial charge in [-0.3, -0.25) is 0 Å². The van der Waals surface area contributed by atoms with Crippen LogP contribution in [0.5, 0.6) is 0 Å². The zero-order valence-corrected chi connectivity index (χ0v) is 10.3. The van der Waals surface area contributed by atoms with Crippen LogP contribution in [0, 0.1) is 5.82 Å². The van der Waals surface area contributed by atoms with Gasteiger partial charge < -0.3 is 5.43 Å². The molecule has 2 aromatic rings. The van der Waals surface area contributed by atoms with Crippen LogP contribution in [0.15, 0.2) is 18.2 Å². The lowest BCUT2D eigenvalue weighted by Gasteiger charge is -2.13. The highest BCUT2D eigenvalue weighted by Crippen LogP contribution is 2.29. The van der Waals surface area contributed by atoms with Crippen molar-refractivity contribution in [2.24, 2.45) is 5.84 Å². The average molecular weight is 254 g/mol. The number of nitrogens with one attached hydrogen (secondary N) is 1. The molecular weight excluding hydrogens is 241 g/mol. The fourth-order valence-electron chi connectivity index (χ4n) is 1.75. The van der Waals surface area contributed by atoms with E-state index in [1.807, 2.05) is 19.9 Å². The van der Waals surface area contributed by atoms with Gasteiger partial charge in [-0.05, 0) is 23.6 Å². The van der Waals surface area contributed by atoms with E-state index in [0.717, 1.165) is 10.9 Å². The average Bonchev–Trinajstić information content (AvgIpc) is 2.32. The molecule has 0 spiro atoms. The number of nitrogen functional groups attached to an aromatic ring is 1. The zero-order valence-electron chi connectivity index (χ0n) is 9.59. The quantitative estimate of drug-likeness (QED) is 0.637. The van der Waals surface area contributed by atoms with Gasteiger partial charge in [0, 0.05) is 5.39 Å². The standard InChI is InChI=1S/C12H13ClFN3/c1-6(2)8-5-7-3-4-9(13)10(14)11(7)16-12(8)17-15/h3-6H,15H2,1-2H3,(H,16,17).